The second-order valence-corrected chi connectivity index (χ2v) is 5.67. The zero-order valence-corrected chi connectivity index (χ0v) is 14.5. The van der Waals surface area contributed by atoms with Gasteiger partial charge < -0.3 is 10.1 Å². The van der Waals surface area contributed by atoms with E-state index in [1.807, 2.05) is 36.4 Å². The lowest BCUT2D eigenvalue weighted by Crippen LogP contribution is -2.36. The molecule has 0 unspecified atom stereocenters. The van der Waals surface area contributed by atoms with Crippen molar-refractivity contribution in [3.05, 3.63) is 77.4 Å². The zero-order chi connectivity index (χ0) is 18.8. The van der Waals surface area contributed by atoms with E-state index in [2.05, 4.69) is 5.32 Å². The SMILES string of the molecule is C[C@H](OC(=O)/C=C/c1ccc(C#N)cc1)C(=O)NCCc1ccccc1. The van der Waals surface area contributed by atoms with Crippen LogP contribution in [0.2, 0.25) is 0 Å². The van der Waals surface area contributed by atoms with Gasteiger partial charge in [-0.15, -0.1) is 0 Å². The van der Waals surface area contributed by atoms with Gasteiger partial charge in [-0.25, -0.2) is 4.79 Å². The Hall–Kier alpha value is -3.39. The first-order valence-electron chi connectivity index (χ1n) is 8.29. The molecule has 132 valence electrons. The molecular weight excluding hydrogens is 328 g/mol. The van der Waals surface area contributed by atoms with Crippen molar-refractivity contribution in [1.82, 2.24) is 5.32 Å². The molecule has 2 rings (SSSR count). The number of amides is 1. The summed E-state index contributed by atoms with van der Waals surface area (Å²) in [6.07, 6.45) is 2.67. The summed E-state index contributed by atoms with van der Waals surface area (Å²) >= 11 is 0. The highest BCUT2D eigenvalue weighted by molar-refractivity contribution is 5.90. The average Bonchev–Trinajstić information content (AvgIpc) is 2.67. The molecule has 0 bridgehead atoms. The third-order valence-corrected chi connectivity index (χ3v) is 3.67. The van der Waals surface area contributed by atoms with Crippen molar-refractivity contribution in [2.45, 2.75) is 19.4 Å². The van der Waals surface area contributed by atoms with Crippen molar-refractivity contribution in [2.24, 2.45) is 0 Å². The molecule has 2 aromatic carbocycles. The summed E-state index contributed by atoms with van der Waals surface area (Å²) in [5.41, 5.74) is 2.44. The number of hydrogen-bond donors (Lipinski definition) is 1. The number of ether oxygens (including phenoxy) is 1. The van der Waals surface area contributed by atoms with Gasteiger partial charge >= 0.3 is 5.97 Å². The Balaban J connectivity index is 1.75. The van der Waals surface area contributed by atoms with E-state index in [1.165, 1.54) is 13.0 Å². The third kappa shape index (κ3) is 6.25. The maximum absolute atomic E-state index is 12.0. The summed E-state index contributed by atoms with van der Waals surface area (Å²) in [6.45, 7) is 2.01. The van der Waals surface area contributed by atoms with Crippen LogP contribution in [0.25, 0.3) is 6.08 Å². The van der Waals surface area contributed by atoms with E-state index in [1.54, 1.807) is 30.3 Å². The molecule has 1 atom stereocenters. The molecule has 0 saturated heterocycles. The molecule has 0 aliphatic carbocycles. The van der Waals surface area contributed by atoms with Gasteiger partial charge in [-0.1, -0.05) is 42.5 Å². The van der Waals surface area contributed by atoms with Crippen molar-refractivity contribution in [2.75, 3.05) is 6.54 Å². The highest BCUT2D eigenvalue weighted by atomic mass is 16.5. The molecule has 0 aliphatic rings. The molecule has 1 amide bonds. The Morgan fingerprint density at radius 1 is 1.15 bits per heavy atom. The Labute approximate surface area is 152 Å². The van der Waals surface area contributed by atoms with Gasteiger partial charge in [-0.05, 0) is 42.7 Å². The standard InChI is InChI=1S/C21H20N2O3/c1-16(21(25)23-14-13-17-5-3-2-4-6-17)26-20(24)12-11-18-7-9-19(15-22)10-8-18/h2-12,16H,13-14H2,1H3,(H,23,25)/b12-11+/t16-/m0/s1. The average molecular weight is 348 g/mol. The van der Waals surface area contributed by atoms with Crippen LogP contribution in [0.15, 0.2) is 60.7 Å². The van der Waals surface area contributed by atoms with Crippen molar-refractivity contribution in [1.29, 1.82) is 5.26 Å². The van der Waals surface area contributed by atoms with Crippen molar-refractivity contribution in [3.8, 4) is 6.07 Å². The van der Waals surface area contributed by atoms with Gasteiger partial charge in [-0.2, -0.15) is 5.26 Å². The first-order valence-corrected chi connectivity index (χ1v) is 8.29. The van der Waals surface area contributed by atoms with Crippen LogP contribution < -0.4 is 5.32 Å². The highest BCUT2D eigenvalue weighted by Gasteiger charge is 2.15. The summed E-state index contributed by atoms with van der Waals surface area (Å²) in [7, 11) is 0. The fraction of sp³-hybridized carbons (Fsp3) is 0.190. The number of esters is 1. The van der Waals surface area contributed by atoms with E-state index in [9.17, 15) is 9.59 Å². The summed E-state index contributed by atoms with van der Waals surface area (Å²) in [6, 6.07) is 18.6. The fourth-order valence-corrected chi connectivity index (χ4v) is 2.22. The minimum atomic E-state index is -0.871. The van der Waals surface area contributed by atoms with E-state index in [-0.39, 0.29) is 5.91 Å². The van der Waals surface area contributed by atoms with Gasteiger partial charge in [-0.3, -0.25) is 4.79 Å². The smallest absolute Gasteiger partial charge is 0.331 e. The number of hydrogen-bond acceptors (Lipinski definition) is 4. The largest absolute Gasteiger partial charge is 0.449 e. The Morgan fingerprint density at radius 3 is 2.50 bits per heavy atom. The summed E-state index contributed by atoms with van der Waals surface area (Å²) in [5, 5.41) is 11.5. The first-order chi connectivity index (χ1) is 12.6. The molecule has 2 aromatic rings. The number of nitriles is 1. The predicted molar refractivity (Wildman–Crippen MR) is 98.9 cm³/mol. The lowest BCUT2D eigenvalue weighted by molar-refractivity contribution is -0.150. The summed E-state index contributed by atoms with van der Waals surface area (Å²) in [4.78, 5) is 23.8. The normalized spacial score (nSPS) is 11.5. The molecule has 0 radical (unpaired) electrons. The van der Waals surface area contributed by atoms with Crippen LogP contribution in [0.3, 0.4) is 0 Å². The van der Waals surface area contributed by atoms with Crippen LogP contribution in [0, 0.1) is 11.3 Å². The van der Waals surface area contributed by atoms with Gasteiger partial charge in [0, 0.05) is 12.6 Å². The van der Waals surface area contributed by atoms with Gasteiger partial charge in [0.05, 0.1) is 11.6 Å². The summed E-state index contributed by atoms with van der Waals surface area (Å²) < 4.78 is 5.09. The molecule has 0 spiro atoms. The molecule has 0 fully saturated rings. The van der Waals surface area contributed by atoms with E-state index >= 15 is 0 Å². The Bertz CT molecular complexity index is 805. The molecule has 0 aromatic heterocycles. The molecule has 1 N–H and O–H groups in total. The van der Waals surface area contributed by atoms with Crippen LogP contribution in [0.1, 0.15) is 23.6 Å². The van der Waals surface area contributed by atoms with Crippen molar-refractivity contribution in [3.63, 3.8) is 0 Å². The molecule has 5 heteroatoms. The van der Waals surface area contributed by atoms with Crippen LogP contribution in [-0.4, -0.2) is 24.5 Å². The van der Waals surface area contributed by atoms with Gasteiger partial charge in [0.25, 0.3) is 5.91 Å². The van der Waals surface area contributed by atoms with Crippen molar-refractivity contribution < 1.29 is 14.3 Å². The zero-order valence-electron chi connectivity index (χ0n) is 14.5. The van der Waals surface area contributed by atoms with Crippen LogP contribution in [0.5, 0.6) is 0 Å². The fourth-order valence-electron chi connectivity index (χ4n) is 2.22. The third-order valence-electron chi connectivity index (χ3n) is 3.67. The Morgan fingerprint density at radius 2 is 1.85 bits per heavy atom. The van der Waals surface area contributed by atoms with Gasteiger partial charge in [0.1, 0.15) is 0 Å². The second-order valence-electron chi connectivity index (χ2n) is 5.67. The predicted octanol–water partition coefficient (Wildman–Crippen LogP) is 2.86. The maximum atomic E-state index is 12.0. The highest BCUT2D eigenvalue weighted by Crippen LogP contribution is 2.06. The van der Waals surface area contributed by atoms with Gasteiger partial charge in [0.15, 0.2) is 6.10 Å². The minimum absolute atomic E-state index is 0.332. The molecular formula is C21H20N2O3. The number of carbonyl (C=O) groups is 2. The first kappa shape index (κ1) is 18.9. The van der Waals surface area contributed by atoms with Crippen LogP contribution in [-0.2, 0) is 20.7 Å². The van der Waals surface area contributed by atoms with Gasteiger partial charge in [0.2, 0.25) is 0 Å². The summed E-state index contributed by atoms with van der Waals surface area (Å²) in [5.74, 6) is -0.930. The van der Waals surface area contributed by atoms with E-state index in [4.69, 9.17) is 10.00 Å². The monoisotopic (exact) mass is 348 g/mol. The Kier molecular flexibility index (Phi) is 7.14. The second kappa shape index (κ2) is 9.80. The quantitative estimate of drug-likeness (QED) is 0.616. The van der Waals surface area contributed by atoms with Crippen LogP contribution in [0.4, 0.5) is 0 Å². The van der Waals surface area contributed by atoms with Crippen molar-refractivity contribution >= 4 is 18.0 Å². The van der Waals surface area contributed by atoms with E-state index < -0.39 is 12.1 Å². The number of nitrogens with one attached hydrogen (secondary N) is 1. The molecule has 0 heterocycles. The minimum Gasteiger partial charge on any atom is -0.449 e. The number of nitrogens with zero attached hydrogens (tertiary/aromatic N) is 1. The van der Waals surface area contributed by atoms with E-state index in [0.29, 0.717) is 18.5 Å². The maximum Gasteiger partial charge on any atom is 0.331 e. The lowest BCUT2D eigenvalue weighted by atomic mass is 10.1. The molecule has 26 heavy (non-hydrogen) atoms. The number of benzene rings is 2. The molecule has 0 aliphatic heterocycles. The lowest BCUT2D eigenvalue weighted by Gasteiger charge is -2.12. The molecule has 5 nitrogen and oxygen atoms in total. The topological polar surface area (TPSA) is 79.2 Å². The van der Waals surface area contributed by atoms with Crippen LogP contribution >= 0.6 is 0 Å². The van der Waals surface area contributed by atoms with E-state index in [0.717, 1.165) is 11.1 Å². The number of rotatable bonds is 7. The molecule has 0 saturated carbocycles. The number of carbonyl (C=O) groups excluding carboxylic acids is 2.